The summed E-state index contributed by atoms with van der Waals surface area (Å²) in [5, 5.41) is 9.33. The van der Waals surface area contributed by atoms with E-state index in [9.17, 15) is 27.9 Å². The Morgan fingerprint density at radius 1 is 1.33 bits per heavy atom. The maximum atomic E-state index is 12.2. The van der Waals surface area contributed by atoms with Gasteiger partial charge < -0.3 is 19.5 Å². The molecule has 1 aliphatic heterocycles. The molecule has 1 fully saturated rings. The average Bonchev–Trinajstić information content (AvgIpc) is 2.81. The van der Waals surface area contributed by atoms with Crippen LogP contribution >= 0.6 is 0 Å². The van der Waals surface area contributed by atoms with Crippen molar-refractivity contribution in [3.05, 3.63) is 29.8 Å². The Hall–Kier alpha value is -2.29. The van der Waals surface area contributed by atoms with E-state index in [1.54, 1.807) is 0 Å². The van der Waals surface area contributed by atoms with Crippen molar-refractivity contribution in [3.8, 4) is 5.75 Å². The number of ether oxygens (including phenoxy) is 2. The fourth-order valence-electron chi connectivity index (χ4n) is 2.74. The predicted molar refractivity (Wildman–Crippen MR) is 75.2 cm³/mol. The van der Waals surface area contributed by atoms with E-state index in [0.29, 0.717) is 5.56 Å². The van der Waals surface area contributed by atoms with Crippen LogP contribution in [0, 0.1) is 5.92 Å². The number of aliphatic carboxylic acids is 1. The Kier molecular flexibility index (Phi) is 5.33. The largest absolute Gasteiger partial charge is 0.573 e. The van der Waals surface area contributed by atoms with Crippen LogP contribution in [0.25, 0.3) is 0 Å². The molecule has 9 heteroatoms. The summed E-state index contributed by atoms with van der Waals surface area (Å²) in [6.45, 7) is 0.425. The first-order valence-corrected chi connectivity index (χ1v) is 7.10. The molecular weight excluding hydrogens is 331 g/mol. The Balaban J connectivity index is 2.26. The molecule has 2 unspecified atom stereocenters. The molecule has 1 heterocycles. The number of carboxylic acids is 1. The van der Waals surface area contributed by atoms with Crippen LogP contribution in [0.1, 0.15) is 18.0 Å². The zero-order valence-electron chi connectivity index (χ0n) is 12.7. The van der Waals surface area contributed by atoms with Gasteiger partial charge in [-0.2, -0.15) is 0 Å². The van der Waals surface area contributed by atoms with Crippen LogP contribution in [-0.4, -0.2) is 48.5 Å². The van der Waals surface area contributed by atoms with Crippen LogP contribution in [-0.2, 0) is 14.3 Å². The monoisotopic (exact) mass is 347 g/mol. The number of halogens is 3. The van der Waals surface area contributed by atoms with Crippen molar-refractivity contribution in [3.63, 3.8) is 0 Å². The number of carboxylic acid groups (broad SMARTS) is 1. The van der Waals surface area contributed by atoms with E-state index in [-0.39, 0.29) is 25.5 Å². The Morgan fingerprint density at radius 2 is 1.96 bits per heavy atom. The normalized spacial score (nSPS) is 21.2. The molecule has 2 rings (SSSR count). The van der Waals surface area contributed by atoms with E-state index in [1.165, 1.54) is 24.1 Å². The third-order valence-electron chi connectivity index (χ3n) is 3.74. The van der Waals surface area contributed by atoms with Crippen molar-refractivity contribution in [2.45, 2.75) is 18.8 Å². The number of likely N-dealkylation sites (tertiary alicyclic amines) is 1. The van der Waals surface area contributed by atoms with Crippen molar-refractivity contribution in [1.82, 2.24) is 4.90 Å². The van der Waals surface area contributed by atoms with Gasteiger partial charge in [-0.1, -0.05) is 12.1 Å². The molecule has 1 aromatic rings. The molecule has 1 N–H and O–H groups in total. The van der Waals surface area contributed by atoms with Gasteiger partial charge in [-0.3, -0.25) is 9.59 Å². The van der Waals surface area contributed by atoms with Crippen LogP contribution in [0.5, 0.6) is 5.75 Å². The fraction of sp³-hybridized carbons (Fsp3) is 0.467. The molecule has 0 spiro atoms. The minimum atomic E-state index is -4.81. The molecule has 0 radical (unpaired) electrons. The molecule has 132 valence electrons. The summed E-state index contributed by atoms with van der Waals surface area (Å²) in [6, 6.07) is 4.10. The highest BCUT2D eigenvalue weighted by molar-refractivity contribution is 5.87. The molecule has 0 aromatic heterocycles. The molecule has 0 aliphatic carbocycles. The SMILES string of the molecule is COCCN1C(=O)CC(C(=O)O)C1c1ccc(OC(F)(F)F)cc1. The first kappa shape index (κ1) is 18.1. The third kappa shape index (κ3) is 4.16. The number of alkyl halides is 3. The molecule has 1 amide bonds. The third-order valence-corrected chi connectivity index (χ3v) is 3.74. The first-order valence-electron chi connectivity index (χ1n) is 7.10. The van der Waals surface area contributed by atoms with Crippen LogP contribution in [0.4, 0.5) is 13.2 Å². The number of carbonyl (C=O) groups excluding carboxylic acids is 1. The van der Waals surface area contributed by atoms with Gasteiger partial charge in [-0.05, 0) is 17.7 Å². The fourth-order valence-corrected chi connectivity index (χ4v) is 2.74. The molecule has 0 bridgehead atoms. The van der Waals surface area contributed by atoms with Crippen molar-refractivity contribution in [2.24, 2.45) is 5.92 Å². The molecule has 6 nitrogen and oxygen atoms in total. The molecule has 1 saturated heterocycles. The lowest BCUT2D eigenvalue weighted by Gasteiger charge is -2.27. The highest BCUT2D eigenvalue weighted by Gasteiger charge is 2.44. The Bertz CT molecular complexity index is 602. The quantitative estimate of drug-likeness (QED) is 0.854. The molecule has 24 heavy (non-hydrogen) atoms. The highest BCUT2D eigenvalue weighted by atomic mass is 19.4. The summed E-state index contributed by atoms with van der Waals surface area (Å²) >= 11 is 0. The van der Waals surface area contributed by atoms with E-state index < -0.39 is 30.0 Å². The van der Waals surface area contributed by atoms with Gasteiger partial charge in [0.05, 0.1) is 18.6 Å². The second-order valence-corrected chi connectivity index (χ2v) is 5.29. The molecule has 1 aromatic carbocycles. The number of amides is 1. The van der Waals surface area contributed by atoms with E-state index in [2.05, 4.69) is 4.74 Å². The van der Waals surface area contributed by atoms with Gasteiger partial charge in [0.25, 0.3) is 0 Å². The molecule has 1 aliphatic rings. The van der Waals surface area contributed by atoms with Gasteiger partial charge in [-0.15, -0.1) is 13.2 Å². The van der Waals surface area contributed by atoms with Crippen molar-refractivity contribution >= 4 is 11.9 Å². The van der Waals surface area contributed by atoms with Crippen LogP contribution in [0.2, 0.25) is 0 Å². The lowest BCUT2D eigenvalue weighted by molar-refractivity contribution is -0.274. The van der Waals surface area contributed by atoms with Crippen molar-refractivity contribution < 1.29 is 37.3 Å². The maximum absolute atomic E-state index is 12.2. The minimum Gasteiger partial charge on any atom is -0.481 e. The second-order valence-electron chi connectivity index (χ2n) is 5.29. The average molecular weight is 347 g/mol. The Labute approximate surface area is 135 Å². The second kappa shape index (κ2) is 7.08. The number of hydrogen-bond acceptors (Lipinski definition) is 4. The first-order chi connectivity index (χ1) is 11.2. The minimum absolute atomic E-state index is 0.162. The number of methoxy groups -OCH3 is 1. The molecule has 2 atom stereocenters. The summed E-state index contributed by atoms with van der Waals surface area (Å²) < 4.78 is 45.3. The standard InChI is InChI=1S/C15H16F3NO5/c1-23-7-6-19-12(20)8-11(14(21)22)13(19)9-2-4-10(5-3-9)24-15(16,17)18/h2-5,11,13H,6-8H2,1H3,(H,21,22). The topological polar surface area (TPSA) is 76.1 Å². The van der Waals surface area contributed by atoms with E-state index in [4.69, 9.17) is 4.74 Å². The van der Waals surface area contributed by atoms with Gasteiger partial charge in [-0.25, -0.2) is 0 Å². The summed E-state index contributed by atoms with van der Waals surface area (Å²) in [5.41, 5.74) is 0.430. The van der Waals surface area contributed by atoms with Crippen LogP contribution < -0.4 is 4.74 Å². The van der Waals surface area contributed by atoms with Gasteiger partial charge in [0.1, 0.15) is 5.75 Å². The number of rotatable bonds is 6. The highest BCUT2D eigenvalue weighted by Crippen LogP contribution is 2.38. The number of carbonyl (C=O) groups is 2. The predicted octanol–water partition coefficient (Wildman–Crippen LogP) is 2.21. The van der Waals surface area contributed by atoms with E-state index >= 15 is 0 Å². The lowest BCUT2D eigenvalue weighted by Crippen LogP contribution is -2.33. The smallest absolute Gasteiger partial charge is 0.481 e. The number of benzene rings is 1. The van der Waals surface area contributed by atoms with Crippen LogP contribution in [0.3, 0.4) is 0 Å². The molecular formula is C15H16F3NO5. The van der Waals surface area contributed by atoms with Crippen molar-refractivity contribution in [2.75, 3.05) is 20.3 Å². The lowest BCUT2D eigenvalue weighted by atomic mass is 9.93. The van der Waals surface area contributed by atoms with Gasteiger partial charge in [0.15, 0.2) is 0 Å². The van der Waals surface area contributed by atoms with Gasteiger partial charge >= 0.3 is 12.3 Å². The number of nitrogens with zero attached hydrogens (tertiary/aromatic N) is 1. The number of hydrogen-bond donors (Lipinski definition) is 1. The Morgan fingerprint density at radius 3 is 2.46 bits per heavy atom. The maximum Gasteiger partial charge on any atom is 0.573 e. The summed E-state index contributed by atoms with van der Waals surface area (Å²) in [4.78, 5) is 24.9. The van der Waals surface area contributed by atoms with E-state index in [1.807, 2.05) is 0 Å². The van der Waals surface area contributed by atoms with Crippen LogP contribution in [0.15, 0.2) is 24.3 Å². The summed E-state index contributed by atoms with van der Waals surface area (Å²) in [7, 11) is 1.45. The summed E-state index contributed by atoms with van der Waals surface area (Å²) in [6.07, 6.45) is -4.97. The zero-order valence-corrected chi connectivity index (χ0v) is 12.7. The summed E-state index contributed by atoms with van der Waals surface area (Å²) in [5.74, 6) is -2.85. The van der Waals surface area contributed by atoms with Crippen molar-refractivity contribution in [1.29, 1.82) is 0 Å². The van der Waals surface area contributed by atoms with E-state index in [0.717, 1.165) is 12.1 Å². The molecule has 0 saturated carbocycles. The zero-order chi connectivity index (χ0) is 17.9. The van der Waals surface area contributed by atoms with Gasteiger partial charge in [0, 0.05) is 20.1 Å². The van der Waals surface area contributed by atoms with Gasteiger partial charge in [0.2, 0.25) is 5.91 Å².